The van der Waals surface area contributed by atoms with Crippen molar-refractivity contribution in [3.05, 3.63) is 166 Å². The van der Waals surface area contributed by atoms with Crippen molar-refractivity contribution in [2.24, 2.45) is 5.92 Å². The van der Waals surface area contributed by atoms with Gasteiger partial charge in [-0.05, 0) is 71.6 Å². The Kier molecular flexibility index (Phi) is 10.8. The molecule has 7 nitrogen and oxygen atoms in total. The maximum Gasteiger partial charge on any atom is 0.321 e. The molecule has 2 amide bonds. The Morgan fingerprint density at radius 3 is 1.90 bits per heavy atom. The van der Waals surface area contributed by atoms with Crippen molar-refractivity contribution in [3.63, 3.8) is 0 Å². The molecule has 2 aliphatic rings. The second kappa shape index (κ2) is 15.8. The van der Waals surface area contributed by atoms with Crippen molar-refractivity contribution in [3.8, 4) is 5.75 Å². The van der Waals surface area contributed by atoms with Gasteiger partial charge in [0.05, 0.1) is 13.7 Å². The Balaban J connectivity index is 1.23. The average molecular weight is 747 g/mol. The molecular formula is C43H44BrN3O4. The summed E-state index contributed by atoms with van der Waals surface area (Å²) in [7, 11) is 1.62. The Morgan fingerprint density at radius 1 is 0.804 bits per heavy atom. The first-order valence-electron chi connectivity index (χ1n) is 17.6. The van der Waals surface area contributed by atoms with Gasteiger partial charge in [0, 0.05) is 53.8 Å². The van der Waals surface area contributed by atoms with Gasteiger partial charge < -0.3 is 24.8 Å². The minimum atomic E-state index is -0.847. The molecule has 0 aromatic heterocycles. The molecule has 0 aliphatic carbocycles. The Labute approximate surface area is 309 Å². The fourth-order valence-corrected chi connectivity index (χ4v) is 8.16. The number of ether oxygens (including phenoxy) is 2. The molecule has 262 valence electrons. The van der Waals surface area contributed by atoms with Gasteiger partial charge in [-0.1, -0.05) is 119 Å². The molecule has 2 heterocycles. The molecule has 7 rings (SSSR count). The van der Waals surface area contributed by atoms with Crippen LogP contribution in [0.5, 0.6) is 5.75 Å². The van der Waals surface area contributed by atoms with E-state index in [0.717, 1.165) is 39.9 Å². The van der Waals surface area contributed by atoms with Crippen LogP contribution in [0.1, 0.15) is 34.6 Å². The molecule has 4 atom stereocenters. The van der Waals surface area contributed by atoms with Gasteiger partial charge in [-0.25, -0.2) is 4.79 Å². The molecule has 8 heteroatoms. The summed E-state index contributed by atoms with van der Waals surface area (Å²) in [6.45, 7) is 2.28. The third-order valence-corrected chi connectivity index (χ3v) is 11.0. The predicted molar refractivity (Wildman–Crippen MR) is 205 cm³/mol. The number of amides is 2. The third kappa shape index (κ3) is 7.32. The number of urea groups is 1. The van der Waals surface area contributed by atoms with Gasteiger partial charge in [-0.15, -0.1) is 0 Å². The van der Waals surface area contributed by atoms with E-state index in [1.54, 1.807) is 7.11 Å². The summed E-state index contributed by atoms with van der Waals surface area (Å²) in [5, 5.41) is 13.5. The van der Waals surface area contributed by atoms with E-state index in [9.17, 15) is 9.90 Å². The molecule has 0 saturated carbocycles. The molecule has 5 aromatic rings. The molecule has 0 radical (unpaired) electrons. The Morgan fingerprint density at radius 2 is 1.37 bits per heavy atom. The first kappa shape index (κ1) is 35.0. The van der Waals surface area contributed by atoms with Crippen LogP contribution in [0.4, 0.5) is 10.5 Å². The molecule has 3 unspecified atom stereocenters. The van der Waals surface area contributed by atoms with Crippen LogP contribution in [0, 0.1) is 5.92 Å². The maximum absolute atomic E-state index is 13.9. The second-order valence-electron chi connectivity index (χ2n) is 13.4. The molecule has 0 bridgehead atoms. The molecule has 2 N–H and O–H groups in total. The number of aliphatic hydroxyl groups is 1. The highest BCUT2D eigenvalue weighted by atomic mass is 79.9. The number of benzene rings is 5. The Hall–Kier alpha value is -4.47. The normalized spacial score (nSPS) is 20.7. The SMILES string of the molecule is COc1ccc(NC(=O)N2CC(CO)CCN3C(C2)C(c2ccc(Br)cc2)[C@H]3COC(c2ccccc2)(c2ccccc2)c2ccccc2)cc1. The number of halogens is 1. The van der Waals surface area contributed by atoms with Crippen LogP contribution >= 0.6 is 15.9 Å². The summed E-state index contributed by atoms with van der Waals surface area (Å²) in [6.07, 6.45) is 0.768. The molecule has 5 aromatic carbocycles. The van der Waals surface area contributed by atoms with Crippen molar-refractivity contribution in [2.75, 3.05) is 45.3 Å². The fraction of sp³-hybridized carbons (Fsp3) is 0.279. The van der Waals surface area contributed by atoms with Crippen LogP contribution in [0.2, 0.25) is 0 Å². The van der Waals surface area contributed by atoms with Gasteiger partial charge >= 0.3 is 6.03 Å². The lowest BCUT2D eigenvalue weighted by Gasteiger charge is -2.58. The summed E-state index contributed by atoms with van der Waals surface area (Å²) < 4.78 is 13.7. The van der Waals surface area contributed by atoms with Crippen LogP contribution in [-0.4, -0.2) is 73.0 Å². The predicted octanol–water partition coefficient (Wildman–Crippen LogP) is 8.15. The number of methoxy groups -OCH3 is 1. The van der Waals surface area contributed by atoms with Crippen molar-refractivity contribution < 1.29 is 19.4 Å². The first-order valence-corrected chi connectivity index (χ1v) is 18.4. The zero-order valence-electron chi connectivity index (χ0n) is 28.8. The highest BCUT2D eigenvalue weighted by Gasteiger charge is 2.52. The van der Waals surface area contributed by atoms with Crippen LogP contribution in [0.3, 0.4) is 0 Å². The Bertz CT molecular complexity index is 1760. The minimum absolute atomic E-state index is 0.0151. The highest BCUT2D eigenvalue weighted by Crippen LogP contribution is 2.46. The van der Waals surface area contributed by atoms with Crippen LogP contribution < -0.4 is 10.1 Å². The minimum Gasteiger partial charge on any atom is -0.497 e. The lowest BCUT2D eigenvalue weighted by Crippen LogP contribution is -2.69. The van der Waals surface area contributed by atoms with Gasteiger partial charge in [-0.2, -0.15) is 0 Å². The first-order chi connectivity index (χ1) is 25.0. The highest BCUT2D eigenvalue weighted by molar-refractivity contribution is 9.10. The summed E-state index contributed by atoms with van der Waals surface area (Å²) >= 11 is 3.63. The number of fused-ring (bicyclic) bond motifs is 1. The zero-order valence-corrected chi connectivity index (χ0v) is 30.4. The van der Waals surface area contributed by atoms with Crippen molar-refractivity contribution in [1.82, 2.24) is 9.80 Å². The number of carbonyl (C=O) groups is 1. The molecule has 0 spiro atoms. The fourth-order valence-electron chi connectivity index (χ4n) is 7.90. The van der Waals surface area contributed by atoms with Crippen LogP contribution in [0.15, 0.2) is 144 Å². The molecule has 2 fully saturated rings. The maximum atomic E-state index is 13.9. The van der Waals surface area contributed by atoms with E-state index in [1.807, 2.05) is 47.4 Å². The number of hydrogen-bond acceptors (Lipinski definition) is 5. The van der Waals surface area contributed by atoms with Gasteiger partial charge in [-0.3, -0.25) is 4.90 Å². The smallest absolute Gasteiger partial charge is 0.321 e. The summed E-state index contributed by atoms with van der Waals surface area (Å²) in [4.78, 5) is 18.3. The largest absolute Gasteiger partial charge is 0.497 e. The molecule has 51 heavy (non-hydrogen) atoms. The lowest BCUT2D eigenvalue weighted by atomic mass is 9.73. The average Bonchev–Trinajstić information content (AvgIpc) is 3.17. The number of anilines is 1. The van der Waals surface area contributed by atoms with Gasteiger partial charge in [0.2, 0.25) is 0 Å². The number of nitrogens with one attached hydrogen (secondary N) is 1. The van der Waals surface area contributed by atoms with E-state index >= 15 is 0 Å². The van der Waals surface area contributed by atoms with Gasteiger partial charge in [0.25, 0.3) is 0 Å². The lowest BCUT2D eigenvalue weighted by molar-refractivity contribution is -0.105. The van der Waals surface area contributed by atoms with Crippen molar-refractivity contribution in [1.29, 1.82) is 0 Å². The molecule has 2 saturated heterocycles. The van der Waals surface area contributed by atoms with Gasteiger partial charge in [0.15, 0.2) is 0 Å². The van der Waals surface area contributed by atoms with E-state index in [2.05, 4.69) is 123 Å². The van der Waals surface area contributed by atoms with E-state index in [1.165, 1.54) is 5.56 Å². The van der Waals surface area contributed by atoms with E-state index in [0.29, 0.717) is 25.4 Å². The van der Waals surface area contributed by atoms with E-state index < -0.39 is 5.60 Å². The monoisotopic (exact) mass is 745 g/mol. The van der Waals surface area contributed by atoms with Crippen LogP contribution in [-0.2, 0) is 10.3 Å². The number of nitrogens with zero attached hydrogens (tertiary/aromatic N) is 2. The second-order valence-corrected chi connectivity index (χ2v) is 14.4. The molecular weight excluding hydrogens is 702 g/mol. The zero-order chi connectivity index (χ0) is 35.2. The number of hydrogen-bond donors (Lipinski definition) is 2. The summed E-state index contributed by atoms with van der Waals surface area (Å²) in [6, 6.07) is 47.3. The number of rotatable bonds is 10. The van der Waals surface area contributed by atoms with Gasteiger partial charge in [0.1, 0.15) is 11.4 Å². The standard InChI is InChI=1S/C43H44BrN3O4/c1-50-38-23-21-37(22-24-38)45-42(49)46-27-31(29-48)25-26-47-39(28-46)41(32-17-19-36(44)20-18-32)40(47)30-51-43(33-11-5-2-6-12-33,34-13-7-3-8-14-34)35-15-9-4-10-16-35/h2-24,31,39-41,48H,25-30H2,1H3,(H,45,49)/t31?,39?,40-,41?/m1/s1. The van der Waals surface area contributed by atoms with Crippen molar-refractivity contribution >= 4 is 27.6 Å². The van der Waals surface area contributed by atoms with Crippen molar-refractivity contribution in [2.45, 2.75) is 30.0 Å². The quantitative estimate of drug-likeness (QED) is 0.141. The molecule has 2 aliphatic heterocycles. The summed E-state index contributed by atoms with van der Waals surface area (Å²) in [5.74, 6) is 0.795. The third-order valence-electron chi connectivity index (χ3n) is 10.5. The van der Waals surface area contributed by atoms with E-state index in [4.69, 9.17) is 9.47 Å². The number of carbonyl (C=O) groups excluding carboxylic acids is 1. The topological polar surface area (TPSA) is 74.3 Å². The van der Waals surface area contributed by atoms with E-state index in [-0.39, 0.29) is 36.6 Å². The van der Waals surface area contributed by atoms with Crippen LogP contribution in [0.25, 0.3) is 0 Å². The summed E-state index contributed by atoms with van der Waals surface area (Å²) in [5.41, 5.74) is 4.25. The number of aliphatic hydroxyl groups excluding tert-OH is 1.